The third kappa shape index (κ3) is 4.48. The monoisotopic (exact) mass is 438 g/mol. The van der Waals surface area contributed by atoms with Crippen molar-refractivity contribution in [2.45, 2.75) is 6.92 Å². The van der Waals surface area contributed by atoms with Crippen molar-refractivity contribution in [2.24, 2.45) is 0 Å². The zero-order valence-corrected chi connectivity index (χ0v) is 17.4. The molecule has 2 aromatic heterocycles. The Hall–Kier alpha value is -3.29. The molecule has 0 aliphatic heterocycles. The highest BCUT2D eigenvalue weighted by Crippen LogP contribution is 2.31. The summed E-state index contributed by atoms with van der Waals surface area (Å²) in [7, 11) is 0. The number of nitrogens with one attached hydrogen (secondary N) is 2. The van der Waals surface area contributed by atoms with Crippen molar-refractivity contribution < 1.29 is 9.18 Å². The van der Waals surface area contributed by atoms with Gasteiger partial charge in [0.2, 0.25) is 0 Å². The molecule has 0 atom stereocenters. The number of hydrogen-bond donors (Lipinski definition) is 2. The van der Waals surface area contributed by atoms with E-state index in [4.69, 9.17) is 11.6 Å². The molecule has 30 heavy (non-hydrogen) atoms. The highest BCUT2D eigenvalue weighted by atomic mass is 35.5. The van der Waals surface area contributed by atoms with Crippen LogP contribution in [0.15, 0.2) is 66.9 Å². The Labute approximate surface area is 181 Å². The second-order valence-electron chi connectivity index (χ2n) is 6.42. The number of halogens is 2. The van der Waals surface area contributed by atoms with Crippen LogP contribution in [0.4, 0.5) is 21.0 Å². The average molecular weight is 439 g/mol. The first-order chi connectivity index (χ1) is 14.5. The number of carbonyl (C=O) groups excluding carboxylic acids is 1. The molecule has 4 rings (SSSR count). The van der Waals surface area contributed by atoms with Gasteiger partial charge >= 0.3 is 0 Å². The maximum atomic E-state index is 13.5. The molecule has 0 aliphatic rings. The van der Waals surface area contributed by atoms with Gasteiger partial charge in [0.05, 0.1) is 11.3 Å². The fraction of sp³-hybridized carbons (Fsp3) is 0.0455. The minimum atomic E-state index is -0.380. The standard InChI is InChI=1S/C22H16ClFN4OS/c1-13-19(14-7-9-15(23)10-8-14)27-22(30-13)28-21(29)18-6-3-11-25-20(18)26-17-5-2-4-16(24)12-17/h2-12H,1H3,(H,25,26)(H,27,28,29). The number of nitrogens with zero attached hydrogens (tertiary/aromatic N) is 2. The van der Waals surface area contributed by atoms with Gasteiger partial charge in [0.15, 0.2) is 5.13 Å². The first kappa shape index (κ1) is 20.0. The number of carbonyl (C=O) groups is 1. The second-order valence-corrected chi connectivity index (χ2v) is 8.06. The molecule has 0 saturated heterocycles. The lowest BCUT2D eigenvalue weighted by Gasteiger charge is -2.10. The molecule has 0 spiro atoms. The van der Waals surface area contributed by atoms with Crippen LogP contribution in [0.25, 0.3) is 11.3 Å². The van der Waals surface area contributed by atoms with Crippen molar-refractivity contribution in [1.29, 1.82) is 0 Å². The molecule has 0 radical (unpaired) electrons. The SMILES string of the molecule is Cc1sc(NC(=O)c2cccnc2Nc2cccc(F)c2)nc1-c1ccc(Cl)cc1. The number of aromatic nitrogens is 2. The Morgan fingerprint density at radius 3 is 2.67 bits per heavy atom. The Kier molecular flexibility index (Phi) is 5.74. The Balaban J connectivity index is 1.56. The largest absolute Gasteiger partial charge is 0.339 e. The number of amides is 1. The van der Waals surface area contributed by atoms with Gasteiger partial charge in [-0.3, -0.25) is 10.1 Å². The lowest BCUT2D eigenvalue weighted by atomic mass is 10.1. The molecule has 4 aromatic rings. The van der Waals surface area contributed by atoms with Gasteiger partial charge in [-0.15, -0.1) is 11.3 Å². The lowest BCUT2D eigenvalue weighted by Crippen LogP contribution is -2.14. The van der Waals surface area contributed by atoms with Crippen LogP contribution in [0.2, 0.25) is 5.02 Å². The van der Waals surface area contributed by atoms with Gasteiger partial charge in [0.25, 0.3) is 5.91 Å². The third-order valence-electron chi connectivity index (χ3n) is 4.27. The van der Waals surface area contributed by atoms with Crippen LogP contribution in [-0.4, -0.2) is 15.9 Å². The summed E-state index contributed by atoms with van der Waals surface area (Å²) in [6, 6.07) is 16.6. The van der Waals surface area contributed by atoms with E-state index in [-0.39, 0.29) is 11.7 Å². The summed E-state index contributed by atoms with van der Waals surface area (Å²) in [5.74, 6) is -0.417. The van der Waals surface area contributed by atoms with Crippen molar-refractivity contribution in [3.05, 3.63) is 88.1 Å². The number of benzene rings is 2. The molecule has 0 bridgehead atoms. The molecule has 150 valence electrons. The van der Waals surface area contributed by atoms with E-state index < -0.39 is 0 Å². The number of aryl methyl sites for hydroxylation is 1. The normalized spacial score (nSPS) is 10.6. The predicted octanol–water partition coefficient (Wildman–Crippen LogP) is 6.30. The van der Waals surface area contributed by atoms with Crippen molar-refractivity contribution in [3.63, 3.8) is 0 Å². The molecule has 2 aromatic carbocycles. The molecule has 8 heteroatoms. The van der Waals surface area contributed by atoms with Crippen LogP contribution in [0.5, 0.6) is 0 Å². The molecule has 2 N–H and O–H groups in total. The summed E-state index contributed by atoms with van der Waals surface area (Å²) < 4.78 is 13.5. The van der Waals surface area contributed by atoms with Crippen molar-refractivity contribution in [1.82, 2.24) is 9.97 Å². The third-order valence-corrected chi connectivity index (χ3v) is 5.41. The highest BCUT2D eigenvalue weighted by Gasteiger charge is 2.16. The van der Waals surface area contributed by atoms with Gasteiger partial charge < -0.3 is 5.32 Å². The zero-order valence-electron chi connectivity index (χ0n) is 15.8. The number of rotatable bonds is 5. The van der Waals surface area contributed by atoms with Gasteiger partial charge in [-0.1, -0.05) is 29.8 Å². The van der Waals surface area contributed by atoms with Crippen LogP contribution in [0.1, 0.15) is 15.2 Å². The lowest BCUT2D eigenvalue weighted by molar-refractivity contribution is 0.102. The summed E-state index contributed by atoms with van der Waals surface area (Å²) in [5.41, 5.74) is 2.53. The van der Waals surface area contributed by atoms with Crippen molar-refractivity contribution in [2.75, 3.05) is 10.6 Å². The zero-order chi connectivity index (χ0) is 21.1. The number of thiazole rings is 1. The molecule has 5 nitrogen and oxygen atoms in total. The van der Waals surface area contributed by atoms with E-state index >= 15 is 0 Å². The van der Waals surface area contributed by atoms with E-state index in [0.29, 0.717) is 27.2 Å². The average Bonchev–Trinajstić information content (AvgIpc) is 3.09. The molecule has 0 aliphatic carbocycles. The summed E-state index contributed by atoms with van der Waals surface area (Å²) in [6.45, 7) is 1.94. The van der Waals surface area contributed by atoms with Crippen LogP contribution < -0.4 is 10.6 Å². The summed E-state index contributed by atoms with van der Waals surface area (Å²) >= 11 is 7.34. The molecule has 0 unspecified atom stereocenters. The first-order valence-corrected chi connectivity index (χ1v) is 10.2. The number of hydrogen-bond acceptors (Lipinski definition) is 5. The van der Waals surface area contributed by atoms with Crippen LogP contribution >= 0.6 is 22.9 Å². The van der Waals surface area contributed by atoms with E-state index in [1.165, 1.54) is 23.5 Å². The van der Waals surface area contributed by atoms with Gasteiger partial charge in [-0.05, 0) is 49.4 Å². The summed E-state index contributed by atoms with van der Waals surface area (Å²) in [6.07, 6.45) is 1.56. The van der Waals surface area contributed by atoms with Gasteiger partial charge in [-0.25, -0.2) is 14.4 Å². The van der Waals surface area contributed by atoms with Gasteiger partial charge in [-0.2, -0.15) is 0 Å². The van der Waals surface area contributed by atoms with Crippen LogP contribution in [0.3, 0.4) is 0 Å². The van der Waals surface area contributed by atoms with Gasteiger partial charge in [0.1, 0.15) is 11.6 Å². The molecule has 2 heterocycles. The molecular weight excluding hydrogens is 423 g/mol. The van der Waals surface area contributed by atoms with E-state index in [2.05, 4.69) is 20.6 Å². The van der Waals surface area contributed by atoms with Crippen molar-refractivity contribution >= 4 is 45.5 Å². The smallest absolute Gasteiger partial charge is 0.261 e. The Bertz CT molecular complexity index is 1210. The molecule has 0 fully saturated rings. The second kappa shape index (κ2) is 8.61. The van der Waals surface area contributed by atoms with Crippen molar-refractivity contribution in [3.8, 4) is 11.3 Å². The fourth-order valence-corrected chi connectivity index (χ4v) is 3.84. The topological polar surface area (TPSA) is 66.9 Å². The first-order valence-electron chi connectivity index (χ1n) is 9.02. The van der Waals surface area contributed by atoms with Crippen LogP contribution in [-0.2, 0) is 0 Å². The Morgan fingerprint density at radius 2 is 1.90 bits per heavy atom. The number of anilines is 3. The maximum Gasteiger partial charge on any atom is 0.261 e. The van der Waals surface area contributed by atoms with Crippen LogP contribution in [0, 0.1) is 12.7 Å². The van der Waals surface area contributed by atoms with E-state index in [1.807, 2.05) is 19.1 Å². The minimum Gasteiger partial charge on any atom is -0.339 e. The fourth-order valence-electron chi connectivity index (χ4n) is 2.88. The van der Waals surface area contributed by atoms with E-state index in [9.17, 15) is 9.18 Å². The van der Waals surface area contributed by atoms with Gasteiger partial charge in [0, 0.05) is 27.3 Å². The van der Waals surface area contributed by atoms with E-state index in [0.717, 1.165) is 16.1 Å². The molecule has 1 amide bonds. The predicted molar refractivity (Wildman–Crippen MR) is 119 cm³/mol. The molecule has 0 saturated carbocycles. The quantitative estimate of drug-likeness (QED) is 0.383. The summed E-state index contributed by atoms with van der Waals surface area (Å²) in [5, 5.41) is 6.94. The van der Waals surface area contributed by atoms with E-state index in [1.54, 1.807) is 42.6 Å². The minimum absolute atomic E-state index is 0.322. The Morgan fingerprint density at radius 1 is 1.10 bits per heavy atom. The number of pyridine rings is 1. The molecular formula is C22H16ClFN4OS. The highest BCUT2D eigenvalue weighted by molar-refractivity contribution is 7.16. The summed E-state index contributed by atoms with van der Waals surface area (Å²) in [4.78, 5) is 22.6. The maximum absolute atomic E-state index is 13.5.